The van der Waals surface area contributed by atoms with Gasteiger partial charge in [-0.15, -0.1) is 0 Å². The van der Waals surface area contributed by atoms with E-state index < -0.39 is 36.2 Å². The van der Waals surface area contributed by atoms with Crippen molar-refractivity contribution < 1.29 is 26.7 Å². The third-order valence-corrected chi connectivity index (χ3v) is 5.98. The molecule has 164 valence electrons. The van der Waals surface area contributed by atoms with Crippen molar-refractivity contribution in [2.75, 3.05) is 6.61 Å². The molecule has 3 rings (SSSR count). The van der Waals surface area contributed by atoms with Crippen LogP contribution in [-0.4, -0.2) is 13.0 Å². The molecular formula is C24H27F5O. The highest BCUT2D eigenvalue weighted by Gasteiger charge is 2.25. The van der Waals surface area contributed by atoms with Gasteiger partial charge in [0, 0.05) is 5.56 Å². The Morgan fingerprint density at radius 3 is 2.33 bits per heavy atom. The van der Waals surface area contributed by atoms with E-state index in [1.165, 1.54) is 31.4 Å². The van der Waals surface area contributed by atoms with Gasteiger partial charge in [-0.2, -0.15) is 4.39 Å². The molecule has 30 heavy (non-hydrogen) atoms. The van der Waals surface area contributed by atoms with E-state index in [1.807, 2.05) is 0 Å². The Kier molecular flexibility index (Phi) is 7.73. The summed E-state index contributed by atoms with van der Waals surface area (Å²) in [5.41, 5.74) is 0.681. The van der Waals surface area contributed by atoms with Gasteiger partial charge in [-0.05, 0) is 66.8 Å². The molecule has 0 bridgehead atoms. The fourth-order valence-electron chi connectivity index (χ4n) is 4.30. The van der Waals surface area contributed by atoms with E-state index in [4.69, 9.17) is 0 Å². The molecule has 0 saturated heterocycles. The van der Waals surface area contributed by atoms with E-state index >= 15 is 0 Å². The fourth-order valence-corrected chi connectivity index (χ4v) is 4.30. The van der Waals surface area contributed by atoms with E-state index in [9.17, 15) is 22.0 Å². The predicted octanol–water partition coefficient (Wildman–Crippen LogP) is 7.88. The summed E-state index contributed by atoms with van der Waals surface area (Å²) in [6.45, 7) is 1.15. The number of unbranched alkanes of at least 4 members (excludes halogenated alkanes) is 1. The molecule has 6 heteroatoms. The van der Waals surface area contributed by atoms with Crippen LogP contribution in [0.3, 0.4) is 0 Å². The maximum absolute atomic E-state index is 14.8. The average molecular weight is 426 g/mol. The van der Waals surface area contributed by atoms with E-state index in [1.54, 1.807) is 12.1 Å². The molecule has 0 unspecified atom stereocenters. The molecule has 1 fully saturated rings. The van der Waals surface area contributed by atoms with Crippen molar-refractivity contribution in [3.63, 3.8) is 0 Å². The summed E-state index contributed by atoms with van der Waals surface area (Å²) < 4.78 is 72.4. The minimum atomic E-state index is -2.80. The van der Waals surface area contributed by atoms with Gasteiger partial charge in [-0.3, -0.25) is 0 Å². The molecule has 0 amide bonds. The Bertz CT molecular complexity index is 844. The summed E-state index contributed by atoms with van der Waals surface area (Å²) in [6.07, 6.45) is 4.90. The van der Waals surface area contributed by atoms with Crippen LogP contribution in [0.25, 0.3) is 11.1 Å². The molecular weight excluding hydrogens is 399 g/mol. The number of alkyl halides is 2. The molecule has 2 aromatic rings. The average Bonchev–Trinajstić information content (AvgIpc) is 2.73. The van der Waals surface area contributed by atoms with Crippen molar-refractivity contribution in [2.45, 2.75) is 64.2 Å². The second-order valence-electron chi connectivity index (χ2n) is 8.04. The van der Waals surface area contributed by atoms with Crippen LogP contribution in [0.2, 0.25) is 0 Å². The van der Waals surface area contributed by atoms with Gasteiger partial charge in [0.1, 0.15) is 12.4 Å². The molecule has 0 aromatic heterocycles. The first-order chi connectivity index (χ1) is 14.4. The summed E-state index contributed by atoms with van der Waals surface area (Å²) >= 11 is 0. The lowest BCUT2D eigenvalue weighted by molar-refractivity contribution is 0.0795. The first-order valence-corrected chi connectivity index (χ1v) is 10.6. The second-order valence-corrected chi connectivity index (χ2v) is 8.04. The standard InChI is InChI=1S/C24H27F5O/c1-2-3-4-15-5-7-16(8-6-15)18-10-9-17(13-20(18)25)19-11-12-21(24(29)23(19)28)30-14-22(26)27/h9-13,15-16,22H,2-8,14H2,1H3. The van der Waals surface area contributed by atoms with Crippen LogP contribution < -0.4 is 4.74 Å². The lowest BCUT2D eigenvalue weighted by Crippen LogP contribution is -2.14. The zero-order chi connectivity index (χ0) is 21.7. The van der Waals surface area contributed by atoms with E-state index in [0.29, 0.717) is 11.5 Å². The van der Waals surface area contributed by atoms with Gasteiger partial charge >= 0.3 is 0 Å². The van der Waals surface area contributed by atoms with Crippen LogP contribution >= 0.6 is 0 Å². The van der Waals surface area contributed by atoms with Crippen LogP contribution in [0, 0.1) is 23.4 Å². The van der Waals surface area contributed by atoms with E-state index in [0.717, 1.165) is 31.7 Å². The summed E-state index contributed by atoms with van der Waals surface area (Å²) in [6, 6.07) is 6.75. The first kappa shape index (κ1) is 22.6. The van der Waals surface area contributed by atoms with E-state index in [2.05, 4.69) is 11.7 Å². The molecule has 0 N–H and O–H groups in total. The smallest absolute Gasteiger partial charge is 0.272 e. The molecule has 0 radical (unpaired) electrons. The topological polar surface area (TPSA) is 9.23 Å². The van der Waals surface area contributed by atoms with Gasteiger partial charge in [-0.1, -0.05) is 38.3 Å². The summed E-state index contributed by atoms with van der Waals surface area (Å²) in [4.78, 5) is 0. The Labute approximate surface area is 174 Å². The van der Waals surface area contributed by atoms with Crippen LogP contribution in [0.4, 0.5) is 22.0 Å². The lowest BCUT2D eigenvalue weighted by Gasteiger charge is -2.29. The highest BCUT2D eigenvalue weighted by molar-refractivity contribution is 5.66. The zero-order valence-corrected chi connectivity index (χ0v) is 17.1. The second kappa shape index (κ2) is 10.3. The van der Waals surface area contributed by atoms with Gasteiger partial charge in [0.15, 0.2) is 11.6 Å². The molecule has 1 aliphatic carbocycles. The van der Waals surface area contributed by atoms with Gasteiger partial charge < -0.3 is 4.74 Å². The van der Waals surface area contributed by atoms with Crippen molar-refractivity contribution in [2.24, 2.45) is 5.92 Å². The Balaban J connectivity index is 1.73. The van der Waals surface area contributed by atoms with Crippen molar-refractivity contribution >= 4 is 0 Å². The Morgan fingerprint density at radius 1 is 0.967 bits per heavy atom. The lowest BCUT2D eigenvalue weighted by atomic mass is 9.77. The van der Waals surface area contributed by atoms with Crippen molar-refractivity contribution in [1.29, 1.82) is 0 Å². The monoisotopic (exact) mass is 426 g/mol. The summed E-state index contributed by atoms with van der Waals surface area (Å²) in [5.74, 6) is -2.76. The fraction of sp³-hybridized carbons (Fsp3) is 0.500. The van der Waals surface area contributed by atoms with Gasteiger partial charge in [-0.25, -0.2) is 17.6 Å². The van der Waals surface area contributed by atoms with Gasteiger partial charge in [0.05, 0.1) is 0 Å². The van der Waals surface area contributed by atoms with Crippen LogP contribution in [0.5, 0.6) is 5.75 Å². The Hall–Kier alpha value is -2.11. The van der Waals surface area contributed by atoms with Gasteiger partial charge in [0.2, 0.25) is 5.82 Å². The minimum Gasteiger partial charge on any atom is -0.484 e. The molecule has 0 heterocycles. The normalized spacial score (nSPS) is 19.3. The number of halogens is 5. The molecule has 1 nitrogen and oxygen atoms in total. The van der Waals surface area contributed by atoms with Crippen LogP contribution in [0.15, 0.2) is 30.3 Å². The molecule has 1 aliphatic rings. The zero-order valence-electron chi connectivity index (χ0n) is 17.1. The minimum absolute atomic E-state index is 0.134. The number of benzene rings is 2. The number of rotatable bonds is 8. The maximum Gasteiger partial charge on any atom is 0.272 e. The van der Waals surface area contributed by atoms with Crippen molar-refractivity contribution in [3.05, 3.63) is 53.3 Å². The molecule has 0 atom stereocenters. The van der Waals surface area contributed by atoms with Gasteiger partial charge in [0.25, 0.3) is 6.43 Å². The number of hydrogen-bond acceptors (Lipinski definition) is 1. The summed E-state index contributed by atoms with van der Waals surface area (Å²) in [7, 11) is 0. The highest BCUT2D eigenvalue weighted by Crippen LogP contribution is 2.40. The quantitative estimate of drug-likeness (QED) is 0.390. The van der Waals surface area contributed by atoms with Crippen molar-refractivity contribution in [3.8, 4) is 16.9 Å². The molecule has 0 spiro atoms. The SMILES string of the molecule is CCCCC1CCC(c2ccc(-c3ccc(OCC(F)F)c(F)c3F)cc2F)CC1. The highest BCUT2D eigenvalue weighted by atomic mass is 19.3. The number of hydrogen-bond donors (Lipinski definition) is 0. The van der Waals surface area contributed by atoms with Crippen LogP contribution in [-0.2, 0) is 0 Å². The van der Waals surface area contributed by atoms with Crippen molar-refractivity contribution in [1.82, 2.24) is 0 Å². The third-order valence-electron chi connectivity index (χ3n) is 5.98. The molecule has 1 saturated carbocycles. The van der Waals surface area contributed by atoms with Crippen LogP contribution in [0.1, 0.15) is 63.4 Å². The Morgan fingerprint density at radius 2 is 1.70 bits per heavy atom. The maximum atomic E-state index is 14.8. The third kappa shape index (κ3) is 5.32. The van der Waals surface area contributed by atoms with E-state index in [-0.39, 0.29) is 17.0 Å². The number of ether oxygens (including phenoxy) is 1. The molecule has 0 aliphatic heterocycles. The predicted molar refractivity (Wildman–Crippen MR) is 107 cm³/mol. The largest absolute Gasteiger partial charge is 0.484 e. The molecule has 2 aromatic carbocycles. The summed E-state index contributed by atoms with van der Waals surface area (Å²) in [5, 5.41) is 0. The first-order valence-electron chi connectivity index (χ1n) is 10.6.